The Bertz CT molecular complexity index is 983. The van der Waals surface area contributed by atoms with Gasteiger partial charge in [0.2, 0.25) is 5.91 Å². The number of para-hydroxylation sites is 1. The van der Waals surface area contributed by atoms with Crippen molar-refractivity contribution in [1.29, 1.82) is 0 Å². The van der Waals surface area contributed by atoms with E-state index in [9.17, 15) is 9.59 Å². The van der Waals surface area contributed by atoms with Gasteiger partial charge >= 0.3 is 0 Å². The van der Waals surface area contributed by atoms with E-state index in [2.05, 4.69) is 30.3 Å². The number of carbonyl (C=O) groups excluding carboxylic acids is 2. The molecular weight excluding hydrogens is 426 g/mol. The number of ketones is 1. The number of hydrogen-bond acceptors (Lipinski definition) is 5. The molecular formula is C28H37N3O3. The monoisotopic (exact) mass is 463 g/mol. The summed E-state index contributed by atoms with van der Waals surface area (Å²) in [5.74, 6) is 0.835. The maximum atomic E-state index is 14.0. The Morgan fingerprint density at radius 2 is 1.79 bits per heavy atom. The number of fused-ring (bicyclic) bond motifs is 1. The van der Waals surface area contributed by atoms with Crippen LogP contribution in [0, 0.1) is 0 Å². The summed E-state index contributed by atoms with van der Waals surface area (Å²) >= 11 is 0. The van der Waals surface area contributed by atoms with Crippen molar-refractivity contribution in [3.05, 3.63) is 59.7 Å². The Kier molecular flexibility index (Phi) is 8.01. The topological polar surface area (TPSA) is 61.9 Å². The minimum absolute atomic E-state index is 0.0202. The maximum Gasteiger partial charge on any atom is 0.228 e. The second-order valence-electron chi connectivity index (χ2n) is 9.50. The molecule has 0 unspecified atom stereocenters. The predicted molar refractivity (Wildman–Crippen MR) is 136 cm³/mol. The van der Waals surface area contributed by atoms with Crippen molar-refractivity contribution in [2.24, 2.45) is 0 Å². The van der Waals surface area contributed by atoms with Gasteiger partial charge in [-0.05, 0) is 94.7 Å². The minimum Gasteiger partial charge on any atom is -0.494 e. The molecule has 6 heteroatoms. The second-order valence-corrected chi connectivity index (χ2v) is 9.50. The molecule has 2 aliphatic heterocycles. The second kappa shape index (κ2) is 11.2. The summed E-state index contributed by atoms with van der Waals surface area (Å²) in [6, 6.07) is 15.5. The molecule has 6 nitrogen and oxygen atoms in total. The highest BCUT2D eigenvalue weighted by Gasteiger charge is 2.49. The summed E-state index contributed by atoms with van der Waals surface area (Å²) in [5.41, 5.74) is 1.81. The standard InChI is InChI=1S/C28H37N3O3/c1-3-19-30(2)20-6-21-34-24-12-9-23(10-13-24)27(33)28(15-17-29-18-16-28)31-25-8-5-4-7-22(25)11-14-26(31)32/h4-5,7-10,12-13,29H,3,6,11,14-21H2,1-2H3. The molecule has 1 amide bonds. The lowest BCUT2D eigenvalue weighted by Gasteiger charge is -2.47. The average molecular weight is 464 g/mol. The number of anilines is 1. The third-order valence-electron chi connectivity index (χ3n) is 7.05. The van der Waals surface area contributed by atoms with E-state index >= 15 is 0 Å². The summed E-state index contributed by atoms with van der Waals surface area (Å²) in [5, 5.41) is 3.36. The van der Waals surface area contributed by atoms with E-state index in [-0.39, 0.29) is 11.7 Å². The Morgan fingerprint density at radius 3 is 2.53 bits per heavy atom. The fourth-order valence-corrected chi connectivity index (χ4v) is 5.28. The molecule has 4 rings (SSSR count). The molecule has 2 aromatic carbocycles. The van der Waals surface area contributed by atoms with Gasteiger partial charge < -0.3 is 15.0 Å². The van der Waals surface area contributed by atoms with Crippen LogP contribution in [-0.4, -0.2) is 62.0 Å². The maximum absolute atomic E-state index is 14.0. The molecule has 0 aliphatic carbocycles. The number of aryl methyl sites for hydroxylation is 1. The average Bonchev–Trinajstić information content (AvgIpc) is 2.87. The van der Waals surface area contributed by atoms with Gasteiger partial charge in [0.05, 0.1) is 6.61 Å². The normalized spacial score (nSPS) is 17.5. The van der Waals surface area contributed by atoms with Gasteiger partial charge in [-0.15, -0.1) is 0 Å². The van der Waals surface area contributed by atoms with Crippen LogP contribution in [0.2, 0.25) is 0 Å². The third kappa shape index (κ3) is 5.18. The lowest BCUT2D eigenvalue weighted by atomic mass is 9.77. The smallest absolute Gasteiger partial charge is 0.228 e. The molecule has 182 valence electrons. The summed E-state index contributed by atoms with van der Waals surface area (Å²) < 4.78 is 5.91. The largest absolute Gasteiger partial charge is 0.494 e. The lowest BCUT2D eigenvalue weighted by Crippen LogP contribution is -2.62. The molecule has 0 spiro atoms. The Hall–Kier alpha value is -2.70. The quantitative estimate of drug-likeness (QED) is 0.425. The molecule has 2 aromatic rings. The zero-order chi connectivity index (χ0) is 24.0. The number of hydrogen-bond donors (Lipinski definition) is 1. The van der Waals surface area contributed by atoms with Gasteiger partial charge in [0.15, 0.2) is 5.78 Å². The van der Waals surface area contributed by atoms with Crippen LogP contribution >= 0.6 is 0 Å². The molecule has 2 heterocycles. The Morgan fingerprint density at radius 1 is 1.06 bits per heavy atom. The molecule has 1 N–H and O–H groups in total. The summed E-state index contributed by atoms with van der Waals surface area (Å²) in [6.45, 7) is 6.36. The third-order valence-corrected chi connectivity index (χ3v) is 7.05. The van der Waals surface area contributed by atoms with Crippen molar-refractivity contribution in [2.45, 2.75) is 51.0 Å². The van der Waals surface area contributed by atoms with E-state index in [4.69, 9.17) is 4.74 Å². The number of nitrogens with one attached hydrogen (secondary N) is 1. The summed E-state index contributed by atoms with van der Waals surface area (Å²) in [4.78, 5) is 31.4. The minimum atomic E-state index is -0.856. The molecule has 1 fully saturated rings. The molecule has 0 bridgehead atoms. The van der Waals surface area contributed by atoms with E-state index in [1.54, 1.807) is 0 Å². The van der Waals surface area contributed by atoms with Crippen molar-refractivity contribution in [3.63, 3.8) is 0 Å². The van der Waals surface area contributed by atoms with E-state index < -0.39 is 5.54 Å². The lowest BCUT2D eigenvalue weighted by molar-refractivity contribution is -0.120. The highest BCUT2D eigenvalue weighted by atomic mass is 16.5. The number of benzene rings is 2. The highest BCUT2D eigenvalue weighted by Crippen LogP contribution is 2.39. The van der Waals surface area contributed by atoms with Crippen molar-refractivity contribution in [2.75, 3.05) is 44.7 Å². The van der Waals surface area contributed by atoms with Crippen molar-refractivity contribution >= 4 is 17.4 Å². The predicted octanol–water partition coefficient (Wildman–Crippen LogP) is 4.08. The van der Waals surface area contributed by atoms with Crippen LogP contribution in [0.15, 0.2) is 48.5 Å². The first-order valence-corrected chi connectivity index (χ1v) is 12.6. The van der Waals surface area contributed by atoms with Gasteiger partial charge in [0, 0.05) is 24.2 Å². The van der Waals surface area contributed by atoms with Gasteiger partial charge in [-0.1, -0.05) is 25.1 Å². The van der Waals surface area contributed by atoms with Crippen molar-refractivity contribution < 1.29 is 14.3 Å². The molecule has 0 radical (unpaired) electrons. The van der Waals surface area contributed by atoms with Crippen LogP contribution in [0.1, 0.15) is 54.9 Å². The first-order valence-electron chi connectivity index (χ1n) is 12.6. The van der Waals surface area contributed by atoms with Crippen LogP contribution in [0.3, 0.4) is 0 Å². The van der Waals surface area contributed by atoms with Crippen LogP contribution in [-0.2, 0) is 11.2 Å². The number of nitrogens with zero attached hydrogens (tertiary/aromatic N) is 2. The fourth-order valence-electron chi connectivity index (χ4n) is 5.28. The molecule has 1 saturated heterocycles. The summed E-state index contributed by atoms with van der Waals surface area (Å²) in [7, 11) is 2.13. The number of rotatable bonds is 10. The van der Waals surface area contributed by atoms with Crippen LogP contribution in [0.4, 0.5) is 5.69 Å². The SMILES string of the molecule is CCCN(C)CCCOc1ccc(C(=O)C2(N3C(=O)CCc4ccccc43)CCNCC2)cc1. The van der Waals surface area contributed by atoms with Crippen LogP contribution < -0.4 is 15.0 Å². The van der Waals surface area contributed by atoms with Crippen LogP contribution in [0.5, 0.6) is 5.75 Å². The Balaban J connectivity index is 1.51. The summed E-state index contributed by atoms with van der Waals surface area (Å²) in [6.07, 6.45) is 4.50. The van der Waals surface area contributed by atoms with Crippen molar-refractivity contribution in [3.8, 4) is 5.75 Å². The van der Waals surface area contributed by atoms with Gasteiger partial charge in [0.1, 0.15) is 11.3 Å². The Labute approximate surface area is 203 Å². The zero-order valence-electron chi connectivity index (χ0n) is 20.5. The number of ether oxygens (including phenoxy) is 1. The first kappa shape index (κ1) is 24.4. The van der Waals surface area contributed by atoms with Gasteiger partial charge in [-0.3, -0.25) is 14.5 Å². The van der Waals surface area contributed by atoms with Gasteiger partial charge in [0.25, 0.3) is 0 Å². The number of piperidine rings is 1. The van der Waals surface area contributed by atoms with Crippen molar-refractivity contribution in [1.82, 2.24) is 10.2 Å². The molecule has 0 saturated carbocycles. The van der Waals surface area contributed by atoms with Gasteiger partial charge in [-0.25, -0.2) is 0 Å². The van der Waals surface area contributed by atoms with Gasteiger partial charge in [-0.2, -0.15) is 0 Å². The molecule has 34 heavy (non-hydrogen) atoms. The number of Topliss-reactive ketones (excluding diaryl/α,β-unsaturated/α-hetero) is 1. The highest BCUT2D eigenvalue weighted by molar-refractivity contribution is 6.12. The molecule has 0 aromatic heterocycles. The molecule has 2 aliphatic rings. The number of carbonyl (C=O) groups is 2. The van der Waals surface area contributed by atoms with E-state index in [0.29, 0.717) is 44.5 Å². The molecule has 0 atom stereocenters. The van der Waals surface area contributed by atoms with E-state index in [1.807, 2.05) is 47.4 Å². The van der Waals surface area contributed by atoms with E-state index in [1.165, 1.54) is 0 Å². The number of amides is 1. The zero-order valence-corrected chi connectivity index (χ0v) is 20.5. The van der Waals surface area contributed by atoms with Crippen LogP contribution in [0.25, 0.3) is 0 Å². The fraction of sp³-hybridized carbons (Fsp3) is 0.500. The first-order chi connectivity index (χ1) is 16.5. The van der Waals surface area contributed by atoms with E-state index in [0.717, 1.165) is 49.4 Å².